The normalized spacial score (nSPS) is 15.9. The van der Waals surface area contributed by atoms with Crippen LogP contribution in [0.4, 0.5) is 9.18 Å². The molecule has 0 radical (unpaired) electrons. The highest BCUT2D eigenvalue weighted by Crippen LogP contribution is 2.34. The van der Waals surface area contributed by atoms with Gasteiger partial charge in [-0.2, -0.15) is 0 Å². The van der Waals surface area contributed by atoms with Crippen LogP contribution in [0.15, 0.2) is 42.5 Å². The predicted octanol–water partition coefficient (Wildman–Crippen LogP) is 4.24. The van der Waals surface area contributed by atoms with Crippen molar-refractivity contribution in [2.75, 3.05) is 7.11 Å². The fourth-order valence-electron chi connectivity index (χ4n) is 3.35. The molecule has 0 N–H and O–H groups in total. The van der Waals surface area contributed by atoms with E-state index in [1.807, 2.05) is 30.3 Å². The van der Waals surface area contributed by atoms with Gasteiger partial charge in [0.2, 0.25) is 0 Å². The summed E-state index contributed by atoms with van der Waals surface area (Å²) in [5, 5.41) is 0. The van der Waals surface area contributed by atoms with E-state index in [0.29, 0.717) is 23.5 Å². The van der Waals surface area contributed by atoms with E-state index in [1.165, 1.54) is 18.1 Å². The number of nitrogens with zero attached hydrogens (tertiary/aromatic N) is 1. The Hall–Kier alpha value is -3.09. The minimum atomic E-state index is -0.932. The van der Waals surface area contributed by atoms with Gasteiger partial charge in [-0.25, -0.2) is 14.0 Å². The van der Waals surface area contributed by atoms with Crippen LogP contribution < -0.4 is 4.74 Å². The first kappa shape index (κ1) is 21.6. The molecule has 1 aliphatic heterocycles. The van der Waals surface area contributed by atoms with E-state index in [-0.39, 0.29) is 13.0 Å². The summed E-state index contributed by atoms with van der Waals surface area (Å²) in [6, 6.07) is 11.5. The summed E-state index contributed by atoms with van der Waals surface area (Å²) in [4.78, 5) is 26.3. The van der Waals surface area contributed by atoms with Gasteiger partial charge in [0, 0.05) is 17.5 Å². The summed E-state index contributed by atoms with van der Waals surface area (Å²) < 4.78 is 30.9. The number of fused-ring (bicyclic) bond motifs is 1. The molecule has 6 nitrogen and oxygen atoms in total. The van der Waals surface area contributed by atoms with Crippen LogP contribution in [-0.2, 0) is 33.8 Å². The fourth-order valence-corrected chi connectivity index (χ4v) is 3.35. The molecule has 3 rings (SSSR count). The van der Waals surface area contributed by atoms with Crippen LogP contribution in [-0.4, -0.2) is 35.7 Å². The van der Waals surface area contributed by atoms with E-state index < -0.39 is 29.5 Å². The summed E-state index contributed by atoms with van der Waals surface area (Å²) in [5.41, 5.74) is 1.08. The highest BCUT2D eigenvalue weighted by atomic mass is 19.1. The number of hydrogen-bond donors (Lipinski definition) is 0. The lowest BCUT2D eigenvalue weighted by Crippen LogP contribution is -2.51. The molecule has 7 heteroatoms. The first-order valence-corrected chi connectivity index (χ1v) is 9.74. The number of carbonyl (C=O) groups is 2. The first-order valence-electron chi connectivity index (χ1n) is 9.74. The van der Waals surface area contributed by atoms with Crippen molar-refractivity contribution in [3.63, 3.8) is 0 Å². The number of carbonyl (C=O) groups excluding carboxylic acids is 2. The maximum Gasteiger partial charge on any atom is 0.411 e. The molecule has 160 valence electrons. The zero-order valence-electron chi connectivity index (χ0n) is 17.6. The second-order valence-corrected chi connectivity index (χ2v) is 8.13. The summed E-state index contributed by atoms with van der Waals surface area (Å²) >= 11 is 0. The van der Waals surface area contributed by atoms with Crippen LogP contribution in [0.1, 0.15) is 37.5 Å². The molecule has 0 aromatic heterocycles. The fraction of sp³-hybridized carbons (Fsp3) is 0.391. The van der Waals surface area contributed by atoms with Crippen LogP contribution in [0, 0.1) is 5.82 Å². The average Bonchev–Trinajstić information content (AvgIpc) is 2.71. The Morgan fingerprint density at radius 3 is 2.43 bits per heavy atom. The van der Waals surface area contributed by atoms with Gasteiger partial charge in [0.1, 0.15) is 29.8 Å². The number of amides is 1. The Labute approximate surface area is 175 Å². The van der Waals surface area contributed by atoms with E-state index in [1.54, 1.807) is 26.8 Å². The lowest BCUT2D eigenvalue weighted by atomic mass is 9.92. The van der Waals surface area contributed by atoms with Gasteiger partial charge in [-0.3, -0.25) is 4.90 Å². The van der Waals surface area contributed by atoms with E-state index in [9.17, 15) is 14.0 Å². The SMILES string of the molecule is COC(=O)[C@@H]1Cc2c(OCc3ccccc3)ccc(F)c2CN1C(=O)OC(C)(C)C. The Balaban J connectivity index is 1.92. The highest BCUT2D eigenvalue weighted by molar-refractivity contribution is 5.82. The van der Waals surface area contributed by atoms with Gasteiger partial charge in [-0.1, -0.05) is 30.3 Å². The van der Waals surface area contributed by atoms with Crippen molar-refractivity contribution in [2.45, 2.75) is 52.0 Å². The molecule has 1 amide bonds. The van der Waals surface area contributed by atoms with Crippen molar-refractivity contribution in [2.24, 2.45) is 0 Å². The smallest absolute Gasteiger partial charge is 0.411 e. The monoisotopic (exact) mass is 415 g/mol. The molecule has 0 saturated carbocycles. The molecular weight excluding hydrogens is 389 g/mol. The van der Waals surface area contributed by atoms with Gasteiger partial charge in [0.05, 0.1) is 13.7 Å². The highest BCUT2D eigenvalue weighted by Gasteiger charge is 2.40. The maximum absolute atomic E-state index is 14.6. The average molecular weight is 415 g/mol. The lowest BCUT2D eigenvalue weighted by Gasteiger charge is -2.36. The van der Waals surface area contributed by atoms with Crippen molar-refractivity contribution >= 4 is 12.1 Å². The van der Waals surface area contributed by atoms with Crippen LogP contribution in [0.25, 0.3) is 0 Å². The van der Waals surface area contributed by atoms with Crippen molar-refractivity contribution in [1.82, 2.24) is 4.90 Å². The zero-order valence-corrected chi connectivity index (χ0v) is 17.6. The Bertz CT molecular complexity index is 923. The predicted molar refractivity (Wildman–Crippen MR) is 108 cm³/mol. The van der Waals surface area contributed by atoms with E-state index >= 15 is 0 Å². The number of hydrogen-bond acceptors (Lipinski definition) is 5. The Kier molecular flexibility index (Phi) is 6.29. The molecule has 1 heterocycles. The molecule has 0 spiro atoms. The Morgan fingerprint density at radius 1 is 1.10 bits per heavy atom. The second kappa shape index (κ2) is 8.73. The number of esters is 1. The number of rotatable bonds is 4. The van der Waals surface area contributed by atoms with E-state index in [4.69, 9.17) is 14.2 Å². The molecule has 0 fully saturated rings. The summed E-state index contributed by atoms with van der Waals surface area (Å²) in [5.74, 6) is -0.577. The molecule has 1 aliphatic rings. The third-order valence-corrected chi connectivity index (χ3v) is 4.77. The van der Waals surface area contributed by atoms with Crippen molar-refractivity contribution in [1.29, 1.82) is 0 Å². The molecule has 30 heavy (non-hydrogen) atoms. The molecule has 0 unspecified atom stereocenters. The Morgan fingerprint density at radius 2 is 1.80 bits per heavy atom. The number of methoxy groups -OCH3 is 1. The van der Waals surface area contributed by atoms with Crippen LogP contribution in [0.2, 0.25) is 0 Å². The van der Waals surface area contributed by atoms with Gasteiger partial charge in [0.25, 0.3) is 0 Å². The molecule has 0 saturated heterocycles. The number of ether oxygens (including phenoxy) is 3. The largest absolute Gasteiger partial charge is 0.489 e. The zero-order chi connectivity index (χ0) is 21.9. The third-order valence-electron chi connectivity index (χ3n) is 4.77. The molecule has 2 aromatic carbocycles. The summed E-state index contributed by atoms with van der Waals surface area (Å²) in [6.45, 7) is 5.38. The van der Waals surface area contributed by atoms with Gasteiger partial charge in [0.15, 0.2) is 0 Å². The van der Waals surface area contributed by atoms with Gasteiger partial charge in [-0.15, -0.1) is 0 Å². The third kappa shape index (κ3) is 4.90. The van der Waals surface area contributed by atoms with Crippen LogP contribution in [0.5, 0.6) is 5.75 Å². The summed E-state index contributed by atoms with van der Waals surface area (Å²) in [7, 11) is 1.25. The van der Waals surface area contributed by atoms with Crippen molar-refractivity contribution in [3.8, 4) is 5.75 Å². The lowest BCUT2D eigenvalue weighted by molar-refractivity contribution is -0.147. The van der Waals surface area contributed by atoms with Crippen LogP contribution in [0.3, 0.4) is 0 Å². The van der Waals surface area contributed by atoms with Gasteiger partial charge >= 0.3 is 12.1 Å². The van der Waals surface area contributed by atoms with Gasteiger partial charge in [-0.05, 0) is 38.5 Å². The first-order chi connectivity index (χ1) is 14.2. The minimum absolute atomic E-state index is 0.0726. The standard InChI is InChI=1S/C23H26FNO5/c1-23(2,3)30-22(27)25-13-17-16(12-19(25)21(26)28-4)20(11-10-18(17)24)29-14-15-8-6-5-7-9-15/h5-11,19H,12-14H2,1-4H3/t19-/m0/s1. The van der Waals surface area contributed by atoms with E-state index in [2.05, 4.69) is 0 Å². The molecule has 2 aromatic rings. The molecule has 0 bridgehead atoms. The maximum atomic E-state index is 14.6. The minimum Gasteiger partial charge on any atom is -0.489 e. The van der Waals surface area contributed by atoms with Crippen molar-refractivity contribution in [3.05, 3.63) is 65.0 Å². The molecular formula is C23H26FNO5. The van der Waals surface area contributed by atoms with Crippen LogP contribution >= 0.6 is 0 Å². The quantitative estimate of drug-likeness (QED) is 0.699. The van der Waals surface area contributed by atoms with Crippen molar-refractivity contribution < 1.29 is 28.2 Å². The molecule has 0 aliphatic carbocycles. The molecule has 1 atom stereocenters. The number of benzene rings is 2. The van der Waals surface area contributed by atoms with E-state index in [0.717, 1.165) is 5.56 Å². The summed E-state index contributed by atoms with van der Waals surface area (Å²) in [6.07, 6.45) is -0.623. The topological polar surface area (TPSA) is 65.1 Å². The number of halogens is 1. The van der Waals surface area contributed by atoms with Gasteiger partial charge < -0.3 is 14.2 Å². The second-order valence-electron chi connectivity index (χ2n) is 8.13.